The van der Waals surface area contributed by atoms with Gasteiger partial charge in [0.15, 0.2) is 0 Å². The third-order valence-corrected chi connectivity index (χ3v) is 3.70. The van der Waals surface area contributed by atoms with Gasteiger partial charge in [0.1, 0.15) is 15.7 Å². The Labute approximate surface area is 110 Å². The first-order chi connectivity index (χ1) is 8.58. The van der Waals surface area contributed by atoms with Crippen molar-refractivity contribution in [2.24, 2.45) is 0 Å². The van der Waals surface area contributed by atoms with E-state index in [1.807, 2.05) is 24.3 Å². The summed E-state index contributed by atoms with van der Waals surface area (Å²) in [6, 6.07) is 12.2. The Kier molecular flexibility index (Phi) is 2.48. The minimum absolute atomic E-state index is 0.805. The van der Waals surface area contributed by atoms with E-state index in [9.17, 15) is 0 Å². The van der Waals surface area contributed by atoms with Crippen molar-refractivity contribution in [1.29, 1.82) is 0 Å². The van der Waals surface area contributed by atoms with Crippen LogP contribution in [0.5, 0.6) is 0 Å². The van der Waals surface area contributed by atoms with E-state index in [4.69, 9.17) is 15.7 Å². The maximum atomic E-state index is 5.89. The minimum Gasteiger partial charge on any atom is -0.0960 e. The molecular weight excluding hydrogens is 214 g/mol. The lowest BCUT2D eigenvalue weighted by Crippen LogP contribution is -2.04. The Bertz CT molecular complexity index is 705. The van der Waals surface area contributed by atoms with Gasteiger partial charge in [0, 0.05) is 0 Å². The molecule has 0 nitrogen and oxygen atoms in total. The van der Waals surface area contributed by atoms with Crippen molar-refractivity contribution in [2.75, 3.05) is 0 Å². The van der Waals surface area contributed by atoms with Crippen molar-refractivity contribution < 1.29 is 0 Å². The summed E-state index contributed by atoms with van der Waals surface area (Å²) in [5.74, 6) is 0. The van der Waals surface area contributed by atoms with Crippen LogP contribution < -0.4 is 10.9 Å². The normalized spacial score (nSPS) is 11.2. The maximum Gasteiger partial charge on any atom is 0.113 e. The molecular formula is C16H12B2. The molecule has 0 bridgehead atoms. The molecule has 0 atom stereocenters. The molecule has 3 rings (SSSR count). The number of benzene rings is 3. The van der Waals surface area contributed by atoms with E-state index in [0.29, 0.717) is 0 Å². The highest BCUT2D eigenvalue weighted by Crippen LogP contribution is 2.30. The van der Waals surface area contributed by atoms with Crippen molar-refractivity contribution >= 4 is 48.2 Å². The van der Waals surface area contributed by atoms with Gasteiger partial charge in [-0.1, -0.05) is 47.3 Å². The fourth-order valence-corrected chi connectivity index (χ4v) is 2.69. The molecule has 0 aliphatic heterocycles. The van der Waals surface area contributed by atoms with Crippen LogP contribution in [0, 0.1) is 13.8 Å². The quantitative estimate of drug-likeness (QED) is 0.407. The Hall–Kier alpha value is -1.69. The fraction of sp³-hybridized carbons (Fsp3) is 0.125. The molecule has 18 heavy (non-hydrogen) atoms. The average Bonchev–Trinajstić information content (AvgIpc) is 2.36. The Morgan fingerprint density at radius 3 is 1.39 bits per heavy atom. The molecule has 3 aromatic carbocycles. The van der Waals surface area contributed by atoms with Gasteiger partial charge in [0.2, 0.25) is 0 Å². The van der Waals surface area contributed by atoms with Gasteiger partial charge in [0.05, 0.1) is 0 Å². The summed E-state index contributed by atoms with van der Waals surface area (Å²) in [6.45, 7) is 4.28. The van der Waals surface area contributed by atoms with Gasteiger partial charge in [0.25, 0.3) is 0 Å². The van der Waals surface area contributed by atoms with E-state index < -0.39 is 0 Å². The van der Waals surface area contributed by atoms with Crippen molar-refractivity contribution in [3.05, 3.63) is 47.5 Å². The molecule has 0 aromatic heterocycles. The molecule has 0 saturated carbocycles. The molecule has 0 N–H and O–H groups in total. The standard InChI is InChI=1S/C16H12B2/c1-9-13-5-3-12(18)8-16(13)10(2)14-6-4-11(17)7-15(9)14/h3-8H,1-2H3. The summed E-state index contributed by atoms with van der Waals surface area (Å²) in [7, 11) is 11.8. The van der Waals surface area contributed by atoms with Crippen LogP contribution in [0.4, 0.5) is 0 Å². The maximum absolute atomic E-state index is 5.89. The molecule has 0 spiro atoms. The van der Waals surface area contributed by atoms with E-state index in [2.05, 4.69) is 26.0 Å². The smallest absolute Gasteiger partial charge is 0.0960 e. The summed E-state index contributed by atoms with van der Waals surface area (Å²) < 4.78 is 0. The topological polar surface area (TPSA) is 0 Å². The van der Waals surface area contributed by atoms with Gasteiger partial charge in [-0.2, -0.15) is 0 Å². The number of hydrogen-bond donors (Lipinski definition) is 0. The van der Waals surface area contributed by atoms with E-state index >= 15 is 0 Å². The number of rotatable bonds is 0. The summed E-state index contributed by atoms with van der Waals surface area (Å²) in [4.78, 5) is 0. The van der Waals surface area contributed by atoms with Crippen LogP contribution in [0.1, 0.15) is 11.1 Å². The summed E-state index contributed by atoms with van der Waals surface area (Å²) in [5.41, 5.74) is 4.13. The lowest BCUT2D eigenvalue weighted by molar-refractivity contribution is 1.53. The predicted molar refractivity (Wildman–Crippen MR) is 81.7 cm³/mol. The number of fused-ring (bicyclic) bond motifs is 2. The van der Waals surface area contributed by atoms with E-state index in [1.54, 1.807) is 0 Å². The molecule has 0 aliphatic carbocycles. The molecule has 0 amide bonds. The van der Waals surface area contributed by atoms with Crippen molar-refractivity contribution in [1.82, 2.24) is 0 Å². The highest BCUT2D eigenvalue weighted by Gasteiger charge is 2.08. The molecule has 3 aromatic rings. The zero-order valence-electron chi connectivity index (χ0n) is 10.6. The second-order valence-corrected chi connectivity index (χ2v) is 4.86. The van der Waals surface area contributed by atoms with Gasteiger partial charge < -0.3 is 0 Å². The molecule has 2 heteroatoms. The van der Waals surface area contributed by atoms with Crippen LogP contribution in [0.2, 0.25) is 0 Å². The highest BCUT2D eigenvalue weighted by molar-refractivity contribution is 6.34. The lowest BCUT2D eigenvalue weighted by Gasteiger charge is -2.13. The van der Waals surface area contributed by atoms with Gasteiger partial charge in [-0.3, -0.25) is 0 Å². The van der Waals surface area contributed by atoms with Crippen LogP contribution >= 0.6 is 0 Å². The van der Waals surface area contributed by atoms with Gasteiger partial charge in [-0.15, -0.1) is 0 Å². The van der Waals surface area contributed by atoms with Crippen LogP contribution in [0.3, 0.4) is 0 Å². The highest BCUT2D eigenvalue weighted by atomic mass is 14.1. The second-order valence-electron chi connectivity index (χ2n) is 4.86. The second kappa shape index (κ2) is 3.91. The number of aryl methyl sites for hydroxylation is 2. The monoisotopic (exact) mass is 226 g/mol. The SMILES string of the molecule is [B]c1ccc2c(C)c3cc([B])ccc3c(C)c2c1. The molecule has 0 heterocycles. The first kappa shape index (κ1) is 11.4. The molecule has 82 valence electrons. The van der Waals surface area contributed by atoms with Crippen LogP contribution in [0.25, 0.3) is 21.5 Å². The lowest BCUT2D eigenvalue weighted by atomic mass is 9.85. The van der Waals surface area contributed by atoms with E-state index in [1.165, 1.54) is 32.7 Å². The van der Waals surface area contributed by atoms with Gasteiger partial charge in [-0.05, 0) is 46.5 Å². The van der Waals surface area contributed by atoms with Gasteiger partial charge >= 0.3 is 0 Å². The third kappa shape index (κ3) is 1.56. The molecule has 0 aliphatic rings. The predicted octanol–water partition coefficient (Wildman–Crippen LogP) is 2.20. The largest absolute Gasteiger partial charge is 0.113 e. The third-order valence-electron chi connectivity index (χ3n) is 3.70. The first-order valence-corrected chi connectivity index (χ1v) is 6.05. The molecule has 4 radical (unpaired) electrons. The van der Waals surface area contributed by atoms with Crippen molar-refractivity contribution in [3.63, 3.8) is 0 Å². The summed E-state index contributed by atoms with van der Waals surface area (Å²) in [5, 5.41) is 4.95. The van der Waals surface area contributed by atoms with Crippen molar-refractivity contribution in [3.8, 4) is 0 Å². The molecule has 0 saturated heterocycles. The zero-order chi connectivity index (χ0) is 12.9. The van der Waals surface area contributed by atoms with Crippen molar-refractivity contribution in [2.45, 2.75) is 13.8 Å². The first-order valence-electron chi connectivity index (χ1n) is 6.05. The van der Waals surface area contributed by atoms with E-state index in [-0.39, 0.29) is 0 Å². The molecule has 0 fully saturated rings. The van der Waals surface area contributed by atoms with Gasteiger partial charge in [-0.25, -0.2) is 0 Å². The van der Waals surface area contributed by atoms with E-state index in [0.717, 1.165) is 10.9 Å². The Morgan fingerprint density at radius 2 is 1.00 bits per heavy atom. The van der Waals surface area contributed by atoms with Crippen LogP contribution in [0.15, 0.2) is 36.4 Å². The minimum atomic E-state index is 0.805. The summed E-state index contributed by atoms with van der Waals surface area (Å²) in [6.07, 6.45) is 0. The Balaban J connectivity index is 2.60. The summed E-state index contributed by atoms with van der Waals surface area (Å²) >= 11 is 0. The fourth-order valence-electron chi connectivity index (χ4n) is 2.69. The number of hydrogen-bond acceptors (Lipinski definition) is 0. The zero-order valence-corrected chi connectivity index (χ0v) is 10.6. The molecule has 0 unspecified atom stereocenters. The average molecular weight is 226 g/mol. The van der Waals surface area contributed by atoms with Crippen LogP contribution in [-0.2, 0) is 0 Å². The van der Waals surface area contributed by atoms with Crippen LogP contribution in [-0.4, -0.2) is 15.7 Å². The Morgan fingerprint density at radius 1 is 0.611 bits per heavy atom.